The topological polar surface area (TPSA) is 47.6 Å². The highest BCUT2D eigenvalue weighted by atomic mass is 19.4. The van der Waals surface area contributed by atoms with Gasteiger partial charge in [-0.3, -0.25) is 14.3 Å². The van der Waals surface area contributed by atoms with E-state index >= 15 is 0 Å². The van der Waals surface area contributed by atoms with Gasteiger partial charge in [-0.25, -0.2) is 4.39 Å². The highest BCUT2D eigenvalue weighted by Gasteiger charge is 2.85. The zero-order chi connectivity index (χ0) is 30.6. The normalized spacial score (nSPS) is 17.6. The molecule has 220 valence electrons. The fourth-order valence-corrected chi connectivity index (χ4v) is 2.13. The second-order valence-corrected chi connectivity index (χ2v) is 6.91. The van der Waals surface area contributed by atoms with Gasteiger partial charge in [-0.05, 0) is 30.7 Å². The summed E-state index contributed by atoms with van der Waals surface area (Å²) in [6.07, 6.45) is -38.8. The van der Waals surface area contributed by atoms with Gasteiger partial charge in [-0.1, -0.05) is 0 Å². The molecule has 1 N–H and O–H groups in total. The van der Waals surface area contributed by atoms with Crippen molar-refractivity contribution in [2.45, 2.75) is 55.3 Å². The molecule has 0 fully saturated rings. The Bertz CT molecular complexity index is 1030. The van der Waals surface area contributed by atoms with Crippen molar-refractivity contribution in [3.63, 3.8) is 0 Å². The Morgan fingerprint density at radius 1 is 0.684 bits per heavy atom. The number of anilines is 1. The lowest BCUT2D eigenvalue weighted by Crippen LogP contribution is -2.68. The minimum Gasteiger partial charge on any atom is -0.321 e. The number of ether oxygens (including phenoxy) is 2. The van der Waals surface area contributed by atoms with E-state index in [4.69, 9.17) is 0 Å². The van der Waals surface area contributed by atoms with Crippen LogP contribution in [0.5, 0.6) is 0 Å². The molecule has 1 aromatic rings. The van der Waals surface area contributed by atoms with Crippen LogP contribution in [0.2, 0.25) is 0 Å². The van der Waals surface area contributed by atoms with Gasteiger partial charge >= 0.3 is 48.4 Å². The number of rotatable bonds is 8. The number of benzene rings is 1. The average molecular weight is 603 g/mol. The lowest BCUT2D eigenvalue weighted by molar-refractivity contribution is -0.548. The van der Waals surface area contributed by atoms with Crippen LogP contribution in [0.4, 0.5) is 84.7 Å². The quantitative estimate of drug-likeness (QED) is 0.328. The fraction of sp³-hybridized carbons (Fsp3) is 0.562. The molecular formula is C16H7F18NO3. The summed E-state index contributed by atoms with van der Waals surface area (Å²) in [6.45, 7) is 0.772. The summed E-state index contributed by atoms with van der Waals surface area (Å²) in [7, 11) is 0. The van der Waals surface area contributed by atoms with Gasteiger partial charge in [0.1, 0.15) is 5.82 Å². The maximum Gasteiger partial charge on any atom is 0.462 e. The molecule has 22 heteroatoms. The Balaban J connectivity index is 3.65. The van der Waals surface area contributed by atoms with Gasteiger partial charge < -0.3 is 5.32 Å². The van der Waals surface area contributed by atoms with Crippen LogP contribution in [0.1, 0.15) is 5.56 Å². The zero-order valence-corrected chi connectivity index (χ0v) is 17.3. The van der Waals surface area contributed by atoms with Crippen LogP contribution >= 0.6 is 0 Å². The molecule has 1 amide bonds. The van der Waals surface area contributed by atoms with Gasteiger partial charge in [-0.15, -0.1) is 0 Å². The van der Waals surface area contributed by atoms with Crippen LogP contribution in [-0.4, -0.2) is 54.3 Å². The average Bonchev–Trinajstić information content (AvgIpc) is 2.66. The van der Waals surface area contributed by atoms with E-state index in [0.29, 0.717) is 18.2 Å². The van der Waals surface area contributed by atoms with E-state index in [-0.39, 0.29) is 0 Å². The maximum atomic E-state index is 14.4. The molecule has 0 bridgehead atoms. The molecule has 0 spiro atoms. The third-order valence-electron chi connectivity index (χ3n) is 4.09. The Hall–Kier alpha value is -2.65. The molecule has 1 rings (SSSR count). The fourth-order valence-electron chi connectivity index (χ4n) is 2.13. The predicted molar refractivity (Wildman–Crippen MR) is 82.6 cm³/mol. The predicted octanol–water partition coefficient (Wildman–Crippen LogP) is 6.95. The number of nitrogens with one attached hydrogen (secondary N) is 1. The number of hydrogen-bond donors (Lipinski definition) is 1. The monoisotopic (exact) mass is 603 g/mol. The minimum atomic E-state index is -8.10. The summed E-state index contributed by atoms with van der Waals surface area (Å²) in [5, 5.41) is 0.769. The number of carbonyl (C=O) groups excluding carboxylic acids is 1. The second-order valence-electron chi connectivity index (χ2n) is 6.91. The van der Waals surface area contributed by atoms with Gasteiger partial charge in [0.15, 0.2) is 0 Å². The number of carbonyl (C=O) groups is 1. The molecule has 0 heterocycles. The minimum absolute atomic E-state index is 0.329. The summed E-state index contributed by atoms with van der Waals surface area (Å²) in [5.41, 5.74) is -1.69. The summed E-state index contributed by atoms with van der Waals surface area (Å²) in [5.74, 6) is -27.7. The summed E-state index contributed by atoms with van der Waals surface area (Å²) < 4.78 is 239. The van der Waals surface area contributed by atoms with Crippen LogP contribution in [-0.2, 0) is 14.3 Å². The van der Waals surface area contributed by atoms with E-state index in [0.717, 1.165) is 12.2 Å². The molecule has 4 nitrogen and oxygen atoms in total. The van der Waals surface area contributed by atoms with Crippen molar-refractivity contribution < 1.29 is 93.3 Å². The van der Waals surface area contributed by atoms with Crippen molar-refractivity contribution in [1.82, 2.24) is 0 Å². The second kappa shape index (κ2) is 9.52. The summed E-state index contributed by atoms with van der Waals surface area (Å²) >= 11 is 0. The molecule has 0 aromatic heterocycles. The molecule has 1 aromatic carbocycles. The summed E-state index contributed by atoms with van der Waals surface area (Å²) in [4.78, 5) is 11.7. The lowest BCUT2D eigenvalue weighted by atomic mass is 10.1. The van der Waals surface area contributed by atoms with Crippen molar-refractivity contribution in [3.05, 3.63) is 29.6 Å². The zero-order valence-electron chi connectivity index (χ0n) is 17.3. The molecule has 38 heavy (non-hydrogen) atoms. The van der Waals surface area contributed by atoms with E-state index in [2.05, 4.69) is 0 Å². The maximum absolute atomic E-state index is 14.4. The molecule has 0 aliphatic carbocycles. The lowest BCUT2D eigenvalue weighted by Gasteiger charge is -2.40. The molecule has 0 radical (unpaired) electrons. The van der Waals surface area contributed by atoms with Crippen LogP contribution in [0.25, 0.3) is 0 Å². The van der Waals surface area contributed by atoms with Crippen LogP contribution in [0.3, 0.4) is 0 Å². The summed E-state index contributed by atoms with van der Waals surface area (Å²) in [6, 6.07) is 1.08. The van der Waals surface area contributed by atoms with E-state index in [9.17, 15) is 83.8 Å². The Morgan fingerprint density at radius 3 is 1.53 bits per heavy atom. The SMILES string of the molecule is Cc1cc(F)ccc1NC(=O)[C@](F)(OC(F)(F)[C@](F)(OC(F)(F)C(F)(F)C(F)(F)F)C(F)(F)F)C(F)(F)F. The highest BCUT2D eigenvalue weighted by molar-refractivity contribution is 5.97. The first kappa shape index (κ1) is 33.4. The number of hydrogen-bond acceptors (Lipinski definition) is 3. The van der Waals surface area contributed by atoms with Gasteiger partial charge in [0, 0.05) is 5.69 Å². The van der Waals surface area contributed by atoms with Crippen molar-refractivity contribution >= 4 is 11.6 Å². The number of aryl methyl sites for hydroxylation is 1. The van der Waals surface area contributed by atoms with Gasteiger partial charge in [0.05, 0.1) is 0 Å². The number of alkyl halides is 17. The molecule has 2 atom stereocenters. The third kappa shape index (κ3) is 5.83. The van der Waals surface area contributed by atoms with Crippen molar-refractivity contribution in [2.75, 3.05) is 5.32 Å². The Labute approximate surface area is 196 Å². The Morgan fingerprint density at radius 2 is 1.16 bits per heavy atom. The highest BCUT2D eigenvalue weighted by Crippen LogP contribution is 2.56. The number of halogens is 18. The molecule has 0 saturated carbocycles. The van der Waals surface area contributed by atoms with E-state index in [1.807, 2.05) is 4.74 Å². The smallest absolute Gasteiger partial charge is 0.321 e. The molecular weight excluding hydrogens is 596 g/mol. The van der Waals surface area contributed by atoms with Crippen LogP contribution < -0.4 is 5.32 Å². The van der Waals surface area contributed by atoms with E-state index in [1.165, 1.54) is 4.74 Å². The van der Waals surface area contributed by atoms with Gasteiger partial charge in [0.25, 0.3) is 5.91 Å². The van der Waals surface area contributed by atoms with Crippen molar-refractivity contribution in [3.8, 4) is 0 Å². The molecule has 0 aliphatic heterocycles. The van der Waals surface area contributed by atoms with E-state index < -0.39 is 71.4 Å². The van der Waals surface area contributed by atoms with Crippen molar-refractivity contribution in [2.24, 2.45) is 0 Å². The van der Waals surface area contributed by atoms with Crippen LogP contribution in [0, 0.1) is 12.7 Å². The first-order valence-corrected chi connectivity index (χ1v) is 8.66. The molecule has 0 aliphatic rings. The Kier molecular flexibility index (Phi) is 8.36. The largest absolute Gasteiger partial charge is 0.462 e. The van der Waals surface area contributed by atoms with Crippen LogP contribution in [0.15, 0.2) is 18.2 Å². The standard InChI is InChI=1S/C16H7F18NO3/c1-5-4-6(17)2-3-7(5)35-8(36)9(18,12(22,23)24)37-16(33,34)11(21,14(28,29)30)38-15(31,32)10(19,20)13(25,26)27/h2-4H,1H3,(H,35,36)/t9-,11+/m0/s1. The molecule has 0 saturated heterocycles. The first-order chi connectivity index (χ1) is 16.5. The van der Waals surface area contributed by atoms with E-state index in [1.54, 1.807) is 0 Å². The van der Waals surface area contributed by atoms with Gasteiger partial charge in [0.2, 0.25) is 0 Å². The van der Waals surface area contributed by atoms with Gasteiger partial charge in [-0.2, -0.15) is 74.6 Å². The van der Waals surface area contributed by atoms with Crippen molar-refractivity contribution in [1.29, 1.82) is 0 Å². The third-order valence-corrected chi connectivity index (χ3v) is 4.09. The molecule has 0 unspecified atom stereocenters. The number of amides is 1. The first-order valence-electron chi connectivity index (χ1n) is 8.66.